The number of benzene rings is 1. The lowest BCUT2D eigenvalue weighted by atomic mass is 9.98. The first-order valence-electron chi connectivity index (χ1n) is 6.15. The Morgan fingerprint density at radius 2 is 1.94 bits per heavy atom. The van der Waals surface area contributed by atoms with Gasteiger partial charge in [0.2, 0.25) is 0 Å². The summed E-state index contributed by atoms with van der Waals surface area (Å²) in [5.41, 5.74) is 1.98. The average molecular weight is 245 g/mol. The molecular formula is C13H19N5. The molecule has 1 aromatic carbocycles. The summed E-state index contributed by atoms with van der Waals surface area (Å²) in [6.07, 6.45) is 0.912. The Kier molecular flexibility index (Phi) is 3.43. The van der Waals surface area contributed by atoms with Crippen LogP contribution in [0.2, 0.25) is 0 Å². The van der Waals surface area contributed by atoms with Gasteiger partial charge in [-0.3, -0.25) is 0 Å². The van der Waals surface area contributed by atoms with E-state index in [2.05, 4.69) is 53.7 Å². The van der Waals surface area contributed by atoms with Crippen LogP contribution in [0.1, 0.15) is 31.7 Å². The van der Waals surface area contributed by atoms with Gasteiger partial charge in [-0.15, -0.1) is 5.10 Å². The molecule has 0 aliphatic heterocycles. The summed E-state index contributed by atoms with van der Waals surface area (Å²) in [4.78, 5) is 0. The molecule has 1 atom stereocenters. The van der Waals surface area contributed by atoms with Gasteiger partial charge in [-0.25, -0.2) is 0 Å². The number of hydrogen-bond donors (Lipinski definition) is 1. The summed E-state index contributed by atoms with van der Waals surface area (Å²) < 4.78 is 1.79. The van der Waals surface area contributed by atoms with Gasteiger partial charge in [-0.05, 0) is 49.9 Å². The molecule has 0 aliphatic rings. The van der Waals surface area contributed by atoms with Gasteiger partial charge < -0.3 is 5.32 Å². The molecule has 18 heavy (non-hydrogen) atoms. The number of aromatic nitrogens is 4. The quantitative estimate of drug-likeness (QED) is 0.892. The Morgan fingerprint density at radius 1 is 1.28 bits per heavy atom. The predicted molar refractivity (Wildman–Crippen MR) is 70.6 cm³/mol. The molecular weight excluding hydrogens is 226 g/mol. The fourth-order valence-electron chi connectivity index (χ4n) is 1.84. The van der Waals surface area contributed by atoms with E-state index >= 15 is 0 Å². The third-order valence-corrected chi connectivity index (χ3v) is 3.50. The molecule has 1 aromatic heterocycles. The fourth-order valence-corrected chi connectivity index (χ4v) is 1.84. The smallest absolute Gasteiger partial charge is 0.176 e. The molecule has 5 nitrogen and oxygen atoms in total. The van der Waals surface area contributed by atoms with Gasteiger partial charge in [0.1, 0.15) is 0 Å². The van der Waals surface area contributed by atoms with Crippen LogP contribution in [0.5, 0.6) is 0 Å². The molecule has 1 heterocycles. The first kappa shape index (κ1) is 12.7. The maximum Gasteiger partial charge on any atom is 0.176 e. The van der Waals surface area contributed by atoms with E-state index in [0.717, 1.165) is 17.9 Å². The predicted octanol–water partition coefficient (Wildman–Crippen LogP) is 1.82. The van der Waals surface area contributed by atoms with Crippen LogP contribution >= 0.6 is 0 Å². The van der Waals surface area contributed by atoms with E-state index in [-0.39, 0.29) is 5.54 Å². The molecule has 0 aliphatic carbocycles. The highest BCUT2D eigenvalue weighted by atomic mass is 15.6. The molecule has 2 aromatic rings. The van der Waals surface area contributed by atoms with E-state index in [1.165, 1.54) is 5.56 Å². The summed E-state index contributed by atoms with van der Waals surface area (Å²) in [6, 6.07) is 8.18. The number of nitrogens with one attached hydrogen (secondary N) is 1. The van der Waals surface area contributed by atoms with Crippen molar-refractivity contribution in [2.75, 3.05) is 7.05 Å². The molecule has 0 bridgehead atoms. The van der Waals surface area contributed by atoms with E-state index in [1.54, 1.807) is 4.68 Å². The molecule has 5 heteroatoms. The molecule has 2 rings (SSSR count). The second-order valence-electron chi connectivity index (χ2n) is 4.69. The highest BCUT2D eigenvalue weighted by molar-refractivity contribution is 5.34. The van der Waals surface area contributed by atoms with Crippen LogP contribution in [-0.4, -0.2) is 27.3 Å². The summed E-state index contributed by atoms with van der Waals surface area (Å²) in [6.45, 7) is 6.28. The average Bonchev–Trinajstić information content (AvgIpc) is 2.88. The van der Waals surface area contributed by atoms with Gasteiger partial charge in [0.05, 0.1) is 11.2 Å². The van der Waals surface area contributed by atoms with Gasteiger partial charge in [-0.2, -0.15) is 4.68 Å². The topological polar surface area (TPSA) is 55.6 Å². The molecule has 96 valence electrons. The summed E-state index contributed by atoms with van der Waals surface area (Å²) in [7, 11) is 1.93. The molecule has 0 amide bonds. The zero-order valence-electron chi connectivity index (χ0n) is 11.3. The lowest BCUT2D eigenvalue weighted by Gasteiger charge is -2.26. The third-order valence-electron chi connectivity index (χ3n) is 3.50. The molecule has 0 saturated carbocycles. The SMILES string of the molecule is CC[C@](C)(NC)c1nnnn1-c1ccc(C)cc1. The van der Waals surface area contributed by atoms with Crippen molar-refractivity contribution >= 4 is 0 Å². The van der Waals surface area contributed by atoms with Crippen LogP contribution in [-0.2, 0) is 5.54 Å². The van der Waals surface area contributed by atoms with Crippen LogP contribution < -0.4 is 5.32 Å². The Labute approximate surface area is 107 Å². The van der Waals surface area contributed by atoms with Crippen molar-refractivity contribution in [1.82, 2.24) is 25.5 Å². The fraction of sp³-hybridized carbons (Fsp3) is 0.462. The van der Waals surface area contributed by atoms with Gasteiger partial charge in [-0.1, -0.05) is 24.6 Å². The van der Waals surface area contributed by atoms with Gasteiger partial charge >= 0.3 is 0 Å². The van der Waals surface area contributed by atoms with Crippen molar-refractivity contribution in [2.24, 2.45) is 0 Å². The van der Waals surface area contributed by atoms with E-state index in [4.69, 9.17) is 0 Å². The van der Waals surface area contributed by atoms with Crippen molar-refractivity contribution < 1.29 is 0 Å². The lowest BCUT2D eigenvalue weighted by molar-refractivity contribution is 0.354. The second kappa shape index (κ2) is 4.86. The molecule has 1 N–H and O–H groups in total. The first-order chi connectivity index (χ1) is 8.60. The highest BCUT2D eigenvalue weighted by Gasteiger charge is 2.29. The van der Waals surface area contributed by atoms with E-state index in [1.807, 2.05) is 19.2 Å². The minimum Gasteiger partial charge on any atom is -0.308 e. The van der Waals surface area contributed by atoms with Gasteiger partial charge in [0.15, 0.2) is 5.82 Å². The van der Waals surface area contributed by atoms with Crippen LogP contribution in [0.15, 0.2) is 24.3 Å². The third kappa shape index (κ3) is 2.13. The number of tetrazole rings is 1. The van der Waals surface area contributed by atoms with Crippen LogP contribution in [0.3, 0.4) is 0 Å². The Bertz CT molecular complexity index is 510. The van der Waals surface area contributed by atoms with E-state index in [9.17, 15) is 0 Å². The minimum atomic E-state index is -0.228. The number of aryl methyl sites for hydroxylation is 1. The maximum absolute atomic E-state index is 4.17. The molecule has 0 fully saturated rings. The lowest BCUT2D eigenvalue weighted by Crippen LogP contribution is -2.38. The van der Waals surface area contributed by atoms with Crippen LogP contribution in [0.25, 0.3) is 5.69 Å². The molecule has 0 saturated heterocycles. The number of nitrogens with zero attached hydrogens (tertiary/aromatic N) is 4. The largest absolute Gasteiger partial charge is 0.308 e. The van der Waals surface area contributed by atoms with Gasteiger partial charge in [0.25, 0.3) is 0 Å². The summed E-state index contributed by atoms with van der Waals surface area (Å²) in [5.74, 6) is 0.830. The van der Waals surface area contributed by atoms with Crippen LogP contribution in [0, 0.1) is 6.92 Å². The Morgan fingerprint density at radius 3 is 2.50 bits per heavy atom. The zero-order chi connectivity index (χ0) is 13.2. The van der Waals surface area contributed by atoms with Crippen molar-refractivity contribution in [3.8, 4) is 5.69 Å². The Hall–Kier alpha value is -1.75. The highest BCUT2D eigenvalue weighted by Crippen LogP contribution is 2.23. The standard InChI is InChI=1S/C13H19N5/c1-5-13(3,14-4)12-15-16-17-18(12)11-8-6-10(2)7-9-11/h6-9,14H,5H2,1-4H3/t13-/m0/s1. The van der Waals surface area contributed by atoms with Crippen molar-refractivity contribution in [1.29, 1.82) is 0 Å². The van der Waals surface area contributed by atoms with Crippen LogP contribution in [0.4, 0.5) is 0 Å². The van der Waals surface area contributed by atoms with Crippen molar-refractivity contribution in [2.45, 2.75) is 32.7 Å². The minimum absolute atomic E-state index is 0.228. The normalized spacial score (nSPS) is 14.4. The zero-order valence-corrected chi connectivity index (χ0v) is 11.3. The summed E-state index contributed by atoms with van der Waals surface area (Å²) in [5, 5.41) is 15.4. The van der Waals surface area contributed by atoms with Crippen molar-refractivity contribution in [3.63, 3.8) is 0 Å². The Balaban J connectivity index is 2.48. The second-order valence-corrected chi connectivity index (χ2v) is 4.69. The summed E-state index contributed by atoms with van der Waals surface area (Å²) >= 11 is 0. The maximum atomic E-state index is 4.17. The first-order valence-corrected chi connectivity index (χ1v) is 6.15. The van der Waals surface area contributed by atoms with E-state index in [0.29, 0.717) is 0 Å². The van der Waals surface area contributed by atoms with Gasteiger partial charge in [0, 0.05) is 0 Å². The molecule has 0 spiro atoms. The monoisotopic (exact) mass is 245 g/mol. The van der Waals surface area contributed by atoms with E-state index < -0.39 is 0 Å². The number of hydrogen-bond acceptors (Lipinski definition) is 4. The molecule has 0 unspecified atom stereocenters. The number of rotatable bonds is 4. The molecule has 0 radical (unpaired) electrons. The van der Waals surface area contributed by atoms with Crippen molar-refractivity contribution in [3.05, 3.63) is 35.7 Å².